The fraction of sp³-hybridized carbons (Fsp3) is 0.154. The van der Waals surface area contributed by atoms with Crippen molar-refractivity contribution in [3.8, 4) is 0 Å². The summed E-state index contributed by atoms with van der Waals surface area (Å²) in [5.74, 6) is 1.88. The molecule has 0 unspecified atom stereocenters. The maximum Gasteiger partial charge on any atom is 0.123 e. The lowest BCUT2D eigenvalue weighted by Crippen LogP contribution is -2.00. The standard InChI is InChI=1S/C13H13N3O/c1-9-15-12-7-10(14)4-5-13(12)16(9)8-11-3-2-6-17-11/h2-7H,8,14H2,1H3. The van der Waals surface area contributed by atoms with E-state index < -0.39 is 0 Å². The summed E-state index contributed by atoms with van der Waals surface area (Å²) in [6, 6.07) is 9.63. The van der Waals surface area contributed by atoms with Crippen molar-refractivity contribution in [2.75, 3.05) is 5.73 Å². The van der Waals surface area contributed by atoms with Crippen LogP contribution in [-0.4, -0.2) is 9.55 Å². The number of nitrogens with two attached hydrogens (primary N) is 1. The molecule has 86 valence electrons. The van der Waals surface area contributed by atoms with Gasteiger partial charge in [0.2, 0.25) is 0 Å². The molecule has 0 spiro atoms. The van der Waals surface area contributed by atoms with Gasteiger partial charge in [0.05, 0.1) is 23.8 Å². The highest BCUT2D eigenvalue weighted by Gasteiger charge is 2.08. The molecular weight excluding hydrogens is 214 g/mol. The summed E-state index contributed by atoms with van der Waals surface area (Å²) in [5, 5.41) is 0. The zero-order chi connectivity index (χ0) is 11.8. The SMILES string of the molecule is Cc1nc2cc(N)ccc2n1Cc1ccco1. The van der Waals surface area contributed by atoms with Gasteiger partial charge in [-0.3, -0.25) is 0 Å². The monoisotopic (exact) mass is 227 g/mol. The van der Waals surface area contributed by atoms with Crippen molar-refractivity contribution in [3.63, 3.8) is 0 Å². The van der Waals surface area contributed by atoms with E-state index in [1.165, 1.54) is 0 Å². The first-order chi connectivity index (χ1) is 8.24. The summed E-state index contributed by atoms with van der Waals surface area (Å²) in [4.78, 5) is 4.50. The normalized spacial score (nSPS) is 11.1. The molecule has 0 saturated heterocycles. The Labute approximate surface area is 98.7 Å². The Kier molecular flexibility index (Phi) is 2.14. The van der Waals surface area contributed by atoms with E-state index in [1.54, 1.807) is 6.26 Å². The van der Waals surface area contributed by atoms with Gasteiger partial charge in [-0.05, 0) is 37.3 Å². The van der Waals surface area contributed by atoms with Crippen molar-refractivity contribution in [1.82, 2.24) is 9.55 Å². The Balaban J connectivity index is 2.12. The van der Waals surface area contributed by atoms with Crippen molar-refractivity contribution < 1.29 is 4.42 Å². The molecule has 2 aromatic heterocycles. The van der Waals surface area contributed by atoms with Crippen LogP contribution in [0, 0.1) is 6.92 Å². The number of benzene rings is 1. The van der Waals surface area contributed by atoms with Gasteiger partial charge in [-0.25, -0.2) is 4.98 Å². The summed E-state index contributed by atoms with van der Waals surface area (Å²) in [6.07, 6.45) is 1.68. The Morgan fingerprint density at radius 3 is 3.00 bits per heavy atom. The van der Waals surface area contributed by atoms with Gasteiger partial charge in [-0.15, -0.1) is 0 Å². The zero-order valence-electron chi connectivity index (χ0n) is 9.55. The van der Waals surface area contributed by atoms with E-state index in [1.807, 2.05) is 37.3 Å². The maximum atomic E-state index is 5.75. The van der Waals surface area contributed by atoms with E-state index in [0.29, 0.717) is 6.54 Å². The first kappa shape index (κ1) is 9.96. The molecule has 0 radical (unpaired) electrons. The van der Waals surface area contributed by atoms with Gasteiger partial charge < -0.3 is 14.7 Å². The van der Waals surface area contributed by atoms with E-state index in [2.05, 4.69) is 9.55 Å². The Hall–Kier alpha value is -2.23. The fourth-order valence-electron chi connectivity index (χ4n) is 2.03. The van der Waals surface area contributed by atoms with Crippen molar-refractivity contribution in [2.45, 2.75) is 13.5 Å². The van der Waals surface area contributed by atoms with Crippen LogP contribution >= 0.6 is 0 Å². The van der Waals surface area contributed by atoms with Gasteiger partial charge >= 0.3 is 0 Å². The molecule has 0 amide bonds. The summed E-state index contributed by atoms with van der Waals surface area (Å²) < 4.78 is 7.48. The number of aromatic nitrogens is 2. The van der Waals surface area contributed by atoms with Crippen molar-refractivity contribution in [1.29, 1.82) is 0 Å². The molecule has 0 aliphatic heterocycles. The van der Waals surface area contributed by atoms with Crippen molar-refractivity contribution in [3.05, 3.63) is 48.2 Å². The lowest BCUT2D eigenvalue weighted by Gasteiger charge is -2.04. The Bertz CT molecular complexity index is 653. The highest BCUT2D eigenvalue weighted by molar-refractivity contribution is 5.79. The quantitative estimate of drug-likeness (QED) is 0.684. The van der Waals surface area contributed by atoms with E-state index >= 15 is 0 Å². The molecule has 4 nitrogen and oxygen atoms in total. The molecule has 0 aliphatic carbocycles. The van der Waals surface area contributed by atoms with E-state index in [0.717, 1.165) is 28.3 Å². The van der Waals surface area contributed by atoms with Crippen LogP contribution in [0.2, 0.25) is 0 Å². The lowest BCUT2D eigenvalue weighted by molar-refractivity contribution is 0.494. The molecule has 3 aromatic rings. The van der Waals surface area contributed by atoms with Gasteiger partial charge in [-0.2, -0.15) is 0 Å². The summed E-state index contributed by atoms with van der Waals surface area (Å²) >= 11 is 0. The fourth-order valence-corrected chi connectivity index (χ4v) is 2.03. The molecular formula is C13H13N3O. The van der Waals surface area contributed by atoms with E-state index in [9.17, 15) is 0 Å². The second kappa shape index (κ2) is 3.66. The number of rotatable bonds is 2. The highest BCUT2D eigenvalue weighted by atomic mass is 16.3. The number of furan rings is 1. The average Bonchev–Trinajstić information content (AvgIpc) is 2.88. The minimum absolute atomic E-state index is 0.694. The van der Waals surface area contributed by atoms with Crippen LogP contribution in [-0.2, 0) is 6.54 Å². The summed E-state index contributed by atoms with van der Waals surface area (Å²) in [5.41, 5.74) is 8.49. The second-order valence-electron chi connectivity index (χ2n) is 4.07. The molecule has 1 aromatic carbocycles. The van der Waals surface area contributed by atoms with Crippen LogP contribution in [0.15, 0.2) is 41.0 Å². The maximum absolute atomic E-state index is 5.75. The van der Waals surface area contributed by atoms with E-state index in [-0.39, 0.29) is 0 Å². The van der Waals surface area contributed by atoms with Gasteiger partial charge in [0.1, 0.15) is 11.6 Å². The number of nitrogens with zero attached hydrogens (tertiary/aromatic N) is 2. The number of nitrogen functional groups attached to an aromatic ring is 1. The predicted octanol–water partition coefficient (Wildman–Crippen LogP) is 2.57. The molecule has 0 saturated carbocycles. The summed E-state index contributed by atoms with van der Waals surface area (Å²) in [6.45, 7) is 2.68. The van der Waals surface area contributed by atoms with Gasteiger partial charge in [0, 0.05) is 5.69 Å². The van der Waals surface area contributed by atoms with Crippen molar-refractivity contribution in [2.24, 2.45) is 0 Å². The number of aryl methyl sites for hydroxylation is 1. The minimum atomic E-state index is 0.694. The van der Waals surface area contributed by atoms with Crippen LogP contribution in [0.25, 0.3) is 11.0 Å². The van der Waals surface area contributed by atoms with Gasteiger partial charge in [0.15, 0.2) is 0 Å². The average molecular weight is 227 g/mol. The van der Waals surface area contributed by atoms with Gasteiger partial charge in [-0.1, -0.05) is 0 Å². The smallest absolute Gasteiger partial charge is 0.123 e. The molecule has 17 heavy (non-hydrogen) atoms. The summed E-state index contributed by atoms with van der Waals surface area (Å²) in [7, 11) is 0. The lowest BCUT2D eigenvalue weighted by atomic mass is 10.3. The van der Waals surface area contributed by atoms with Crippen LogP contribution in [0.5, 0.6) is 0 Å². The topological polar surface area (TPSA) is 57.0 Å². The Morgan fingerprint density at radius 1 is 1.35 bits per heavy atom. The molecule has 0 fully saturated rings. The van der Waals surface area contributed by atoms with Crippen LogP contribution < -0.4 is 5.73 Å². The van der Waals surface area contributed by atoms with Gasteiger partial charge in [0.25, 0.3) is 0 Å². The third kappa shape index (κ3) is 1.67. The van der Waals surface area contributed by atoms with Crippen molar-refractivity contribution >= 4 is 16.7 Å². The third-order valence-electron chi connectivity index (χ3n) is 2.86. The largest absolute Gasteiger partial charge is 0.467 e. The number of fused-ring (bicyclic) bond motifs is 1. The molecule has 3 rings (SSSR count). The second-order valence-corrected chi connectivity index (χ2v) is 4.07. The number of hydrogen-bond acceptors (Lipinski definition) is 3. The molecule has 0 atom stereocenters. The number of anilines is 1. The predicted molar refractivity (Wildman–Crippen MR) is 66.7 cm³/mol. The molecule has 0 aliphatic rings. The van der Waals surface area contributed by atoms with Crippen LogP contribution in [0.1, 0.15) is 11.6 Å². The first-order valence-electron chi connectivity index (χ1n) is 5.49. The van der Waals surface area contributed by atoms with Crippen LogP contribution in [0.3, 0.4) is 0 Å². The molecule has 2 heterocycles. The molecule has 0 bridgehead atoms. The molecule has 2 N–H and O–H groups in total. The zero-order valence-corrected chi connectivity index (χ0v) is 9.55. The molecule has 4 heteroatoms. The number of imidazole rings is 1. The highest BCUT2D eigenvalue weighted by Crippen LogP contribution is 2.20. The third-order valence-corrected chi connectivity index (χ3v) is 2.86. The van der Waals surface area contributed by atoms with Crippen LogP contribution in [0.4, 0.5) is 5.69 Å². The first-order valence-corrected chi connectivity index (χ1v) is 5.49. The minimum Gasteiger partial charge on any atom is -0.467 e. The van der Waals surface area contributed by atoms with E-state index in [4.69, 9.17) is 10.2 Å². The number of hydrogen-bond donors (Lipinski definition) is 1. The Morgan fingerprint density at radius 2 is 2.24 bits per heavy atom.